The molecule has 0 radical (unpaired) electrons. The average molecular weight is 324 g/mol. The Morgan fingerprint density at radius 3 is 2.67 bits per heavy atom. The van der Waals surface area contributed by atoms with Crippen molar-refractivity contribution in [2.45, 2.75) is 19.8 Å². The highest BCUT2D eigenvalue weighted by Gasteiger charge is 2.24. The van der Waals surface area contributed by atoms with Gasteiger partial charge in [0.05, 0.1) is 11.3 Å². The molecule has 1 aliphatic rings. The average Bonchev–Trinajstić information content (AvgIpc) is 3.04. The van der Waals surface area contributed by atoms with E-state index in [0.29, 0.717) is 17.2 Å². The van der Waals surface area contributed by atoms with Crippen LogP contribution in [0.1, 0.15) is 29.3 Å². The van der Waals surface area contributed by atoms with E-state index >= 15 is 0 Å². The predicted octanol–water partition coefficient (Wildman–Crippen LogP) is 2.86. The van der Waals surface area contributed by atoms with Crippen molar-refractivity contribution in [1.82, 2.24) is 9.88 Å². The highest BCUT2D eigenvalue weighted by molar-refractivity contribution is 5.95. The zero-order valence-corrected chi connectivity index (χ0v) is 13.6. The molecule has 1 aromatic carbocycles. The van der Waals surface area contributed by atoms with Crippen LogP contribution >= 0.6 is 0 Å². The number of carbonyl (C=O) groups excluding carboxylic acids is 1. The molecule has 0 spiro atoms. The molecule has 0 bridgehead atoms. The molecule has 5 heteroatoms. The number of nitrogens with zero attached hydrogens (tertiary/aromatic N) is 2. The smallest absolute Gasteiger partial charge is 0.336 e. The molecule has 0 aliphatic carbocycles. The maximum Gasteiger partial charge on any atom is 0.336 e. The molecule has 2 heterocycles. The molecule has 1 fully saturated rings. The van der Waals surface area contributed by atoms with Gasteiger partial charge in [0, 0.05) is 31.8 Å². The first-order chi connectivity index (χ1) is 11.5. The van der Waals surface area contributed by atoms with Crippen LogP contribution in [0.3, 0.4) is 0 Å². The first-order valence-corrected chi connectivity index (χ1v) is 8.07. The molecule has 2 aromatic rings. The Hall–Kier alpha value is -2.69. The number of aromatic carboxylic acids is 1. The second kappa shape index (κ2) is 6.83. The molecule has 3 rings (SSSR count). The molecule has 1 amide bonds. The third-order valence-electron chi connectivity index (χ3n) is 4.51. The van der Waals surface area contributed by atoms with Crippen LogP contribution in [0.15, 0.2) is 42.6 Å². The van der Waals surface area contributed by atoms with Crippen LogP contribution in [0.25, 0.3) is 11.3 Å². The molecule has 5 nitrogen and oxygen atoms in total. The summed E-state index contributed by atoms with van der Waals surface area (Å²) in [6.45, 7) is 3.25. The summed E-state index contributed by atoms with van der Waals surface area (Å²) < 4.78 is 0. The van der Waals surface area contributed by atoms with Crippen molar-refractivity contribution < 1.29 is 14.7 Å². The van der Waals surface area contributed by atoms with E-state index < -0.39 is 5.97 Å². The largest absolute Gasteiger partial charge is 0.478 e. The number of hydrogen-bond donors (Lipinski definition) is 1. The second-order valence-corrected chi connectivity index (χ2v) is 6.23. The van der Waals surface area contributed by atoms with Crippen molar-refractivity contribution in [2.75, 3.05) is 13.1 Å². The van der Waals surface area contributed by atoms with E-state index in [4.69, 9.17) is 0 Å². The van der Waals surface area contributed by atoms with Gasteiger partial charge in [0.25, 0.3) is 0 Å². The lowest BCUT2D eigenvalue weighted by Gasteiger charge is -2.14. The molecule has 0 unspecified atom stereocenters. The molecule has 1 aliphatic heterocycles. The maximum atomic E-state index is 11.4. The lowest BCUT2D eigenvalue weighted by atomic mass is 9.98. The summed E-state index contributed by atoms with van der Waals surface area (Å²) >= 11 is 0. The van der Waals surface area contributed by atoms with Gasteiger partial charge in [-0.2, -0.15) is 0 Å². The van der Waals surface area contributed by atoms with Crippen molar-refractivity contribution in [3.05, 3.63) is 53.7 Å². The SMILES string of the molecule is CC(=O)N1CC[C@H](Cc2ccc(-c3ccccc3C(=O)O)nc2)C1. The number of pyridine rings is 1. The van der Waals surface area contributed by atoms with Crippen LogP contribution in [0.2, 0.25) is 0 Å². The van der Waals surface area contributed by atoms with Crippen molar-refractivity contribution in [2.24, 2.45) is 5.92 Å². The van der Waals surface area contributed by atoms with E-state index in [9.17, 15) is 14.7 Å². The minimum atomic E-state index is -0.952. The van der Waals surface area contributed by atoms with E-state index in [-0.39, 0.29) is 11.5 Å². The molecule has 124 valence electrons. The third-order valence-corrected chi connectivity index (χ3v) is 4.51. The Kier molecular flexibility index (Phi) is 4.60. The highest BCUT2D eigenvalue weighted by atomic mass is 16.4. The van der Waals surface area contributed by atoms with Gasteiger partial charge in [-0.1, -0.05) is 24.3 Å². The zero-order chi connectivity index (χ0) is 17.1. The van der Waals surface area contributed by atoms with Crippen LogP contribution < -0.4 is 0 Å². The van der Waals surface area contributed by atoms with Crippen LogP contribution in [0, 0.1) is 5.92 Å². The Morgan fingerprint density at radius 2 is 2.04 bits per heavy atom. The van der Waals surface area contributed by atoms with E-state index in [1.165, 1.54) is 0 Å². The van der Waals surface area contributed by atoms with Crippen molar-refractivity contribution in [1.29, 1.82) is 0 Å². The van der Waals surface area contributed by atoms with Gasteiger partial charge in [0.2, 0.25) is 5.91 Å². The molecule has 1 atom stereocenters. The molecule has 0 saturated carbocycles. The number of hydrogen-bond acceptors (Lipinski definition) is 3. The fourth-order valence-electron chi connectivity index (χ4n) is 3.22. The van der Waals surface area contributed by atoms with Gasteiger partial charge >= 0.3 is 5.97 Å². The number of rotatable bonds is 4. The van der Waals surface area contributed by atoms with Crippen LogP contribution in [-0.2, 0) is 11.2 Å². The third kappa shape index (κ3) is 3.45. The molecular formula is C19H20N2O3. The Balaban J connectivity index is 1.73. The number of amides is 1. The minimum Gasteiger partial charge on any atom is -0.478 e. The number of carbonyl (C=O) groups is 2. The van der Waals surface area contributed by atoms with Gasteiger partial charge in [0.1, 0.15) is 0 Å². The van der Waals surface area contributed by atoms with E-state index in [2.05, 4.69) is 4.98 Å². The summed E-state index contributed by atoms with van der Waals surface area (Å²) in [5.74, 6) is -0.351. The number of benzene rings is 1. The summed E-state index contributed by atoms with van der Waals surface area (Å²) in [6, 6.07) is 10.7. The van der Waals surface area contributed by atoms with Gasteiger partial charge in [-0.25, -0.2) is 4.79 Å². The Labute approximate surface area is 140 Å². The lowest BCUT2D eigenvalue weighted by Crippen LogP contribution is -2.26. The highest BCUT2D eigenvalue weighted by Crippen LogP contribution is 2.24. The Morgan fingerprint density at radius 1 is 1.25 bits per heavy atom. The van der Waals surface area contributed by atoms with Crippen LogP contribution in [0.4, 0.5) is 0 Å². The van der Waals surface area contributed by atoms with Gasteiger partial charge in [-0.05, 0) is 36.5 Å². The molecule has 1 saturated heterocycles. The van der Waals surface area contributed by atoms with E-state index in [1.807, 2.05) is 29.3 Å². The van der Waals surface area contributed by atoms with Crippen LogP contribution in [0.5, 0.6) is 0 Å². The number of likely N-dealkylation sites (tertiary alicyclic amines) is 1. The number of aromatic nitrogens is 1. The molecular weight excluding hydrogens is 304 g/mol. The van der Waals surface area contributed by atoms with E-state index in [1.54, 1.807) is 25.1 Å². The zero-order valence-electron chi connectivity index (χ0n) is 13.6. The number of carboxylic acid groups (broad SMARTS) is 1. The summed E-state index contributed by atoms with van der Waals surface area (Å²) in [6.07, 6.45) is 3.71. The summed E-state index contributed by atoms with van der Waals surface area (Å²) in [4.78, 5) is 29.0. The normalized spacial score (nSPS) is 17.0. The van der Waals surface area contributed by atoms with Crippen molar-refractivity contribution in [3.63, 3.8) is 0 Å². The van der Waals surface area contributed by atoms with Crippen molar-refractivity contribution in [3.8, 4) is 11.3 Å². The quantitative estimate of drug-likeness (QED) is 0.939. The molecule has 1 N–H and O–H groups in total. The Bertz CT molecular complexity index is 755. The number of carboxylic acids is 1. The minimum absolute atomic E-state index is 0.135. The maximum absolute atomic E-state index is 11.4. The summed E-state index contributed by atoms with van der Waals surface area (Å²) in [5, 5.41) is 9.28. The first kappa shape index (κ1) is 16.2. The fourth-order valence-corrected chi connectivity index (χ4v) is 3.22. The standard InChI is InChI=1S/C19H20N2O3/c1-13(22)21-9-8-15(12-21)10-14-6-7-18(20-11-14)16-4-2-3-5-17(16)19(23)24/h2-7,11,15H,8-10,12H2,1H3,(H,23,24)/t15-/m1/s1. The molecule has 24 heavy (non-hydrogen) atoms. The topological polar surface area (TPSA) is 70.5 Å². The predicted molar refractivity (Wildman–Crippen MR) is 90.7 cm³/mol. The summed E-state index contributed by atoms with van der Waals surface area (Å²) in [7, 11) is 0. The fraction of sp³-hybridized carbons (Fsp3) is 0.316. The van der Waals surface area contributed by atoms with Gasteiger partial charge in [-0.15, -0.1) is 0 Å². The summed E-state index contributed by atoms with van der Waals surface area (Å²) in [5.41, 5.74) is 2.65. The first-order valence-electron chi connectivity index (χ1n) is 8.07. The van der Waals surface area contributed by atoms with Gasteiger partial charge < -0.3 is 10.0 Å². The van der Waals surface area contributed by atoms with Gasteiger partial charge in [0.15, 0.2) is 0 Å². The van der Waals surface area contributed by atoms with Crippen molar-refractivity contribution >= 4 is 11.9 Å². The monoisotopic (exact) mass is 324 g/mol. The van der Waals surface area contributed by atoms with Gasteiger partial charge in [-0.3, -0.25) is 9.78 Å². The lowest BCUT2D eigenvalue weighted by molar-refractivity contribution is -0.127. The van der Waals surface area contributed by atoms with Crippen LogP contribution in [-0.4, -0.2) is 40.0 Å². The second-order valence-electron chi connectivity index (χ2n) is 6.23. The molecule has 1 aromatic heterocycles. The van der Waals surface area contributed by atoms with E-state index in [0.717, 1.165) is 31.5 Å².